The fraction of sp³-hybridized carbons (Fsp3) is 0.333. The van der Waals surface area contributed by atoms with Crippen molar-refractivity contribution in [3.05, 3.63) is 69.5 Å². The van der Waals surface area contributed by atoms with Crippen molar-refractivity contribution in [2.45, 2.75) is 32.3 Å². The molecule has 0 aliphatic carbocycles. The summed E-state index contributed by atoms with van der Waals surface area (Å²) in [6.07, 6.45) is 1.01. The molecule has 0 unspecified atom stereocenters. The second-order valence-electron chi connectivity index (χ2n) is 7.08. The van der Waals surface area contributed by atoms with E-state index in [2.05, 4.69) is 34.9 Å². The van der Waals surface area contributed by atoms with Crippen LogP contribution in [0.25, 0.3) is 4.85 Å². The minimum Gasteiger partial charge on any atom is -0.380 e. The molecular weight excluding hydrogens is 348 g/mol. The van der Waals surface area contributed by atoms with Crippen LogP contribution in [0.3, 0.4) is 0 Å². The number of rotatable bonds is 5. The Bertz CT molecular complexity index is 899. The third-order valence-corrected chi connectivity index (χ3v) is 5.13. The first-order valence-corrected chi connectivity index (χ1v) is 8.94. The number of ketones is 1. The van der Waals surface area contributed by atoms with Crippen molar-refractivity contribution in [3.8, 4) is 0 Å². The highest BCUT2D eigenvalue weighted by Crippen LogP contribution is 2.31. The van der Waals surface area contributed by atoms with E-state index in [0.29, 0.717) is 16.3 Å². The third kappa shape index (κ3) is 3.75. The zero-order chi connectivity index (χ0) is 18.9. The van der Waals surface area contributed by atoms with Gasteiger partial charge in [-0.15, -0.1) is 0 Å². The van der Waals surface area contributed by atoms with Crippen molar-refractivity contribution >= 4 is 28.8 Å². The summed E-state index contributed by atoms with van der Waals surface area (Å²) in [6.45, 7) is 11.7. The van der Waals surface area contributed by atoms with Gasteiger partial charge in [-0.05, 0) is 37.5 Å². The molecule has 1 N–H and O–H groups in total. The summed E-state index contributed by atoms with van der Waals surface area (Å²) in [5, 5.41) is 11.1. The Kier molecular flexibility index (Phi) is 5.04. The lowest BCUT2D eigenvalue weighted by Crippen LogP contribution is -2.47. The van der Waals surface area contributed by atoms with E-state index in [1.54, 1.807) is 25.1 Å². The summed E-state index contributed by atoms with van der Waals surface area (Å²) in [7, 11) is 0. The van der Waals surface area contributed by atoms with Crippen LogP contribution in [0.2, 0.25) is 5.02 Å². The van der Waals surface area contributed by atoms with Gasteiger partial charge in [0.25, 0.3) is 0 Å². The summed E-state index contributed by atoms with van der Waals surface area (Å²) in [4.78, 5) is 18.1. The molecule has 4 nitrogen and oxygen atoms in total. The van der Waals surface area contributed by atoms with Gasteiger partial charge in [0.15, 0.2) is 5.78 Å². The smallest absolute Gasteiger partial charge is 0.205 e. The molecule has 3 rings (SSSR count). The zero-order valence-corrected chi connectivity index (χ0v) is 15.7. The fourth-order valence-electron chi connectivity index (χ4n) is 3.35. The van der Waals surface area contributed by atoms with E-state index in [0.717, 1.165) is 18.7 Å². The number of carbonyl (C=O) groups excluding carboxylic acids is 1. The first-order valence-electron chi connectivity index (χ1n) is 8.56. The molecule has 1 aliphatic rings. The third-order valence-electron chi connectivity index (χ3n) is 4.82. The number of hydrogen-bond donors (Lipinski definition) is 1. The molecule has 1 aliphatic heterocycles. The average molecular weight is 369 g/mol. The van der Waals surface area contributed by atoms with Crippen LogP contribution in [0.15, 0.2) is 36.4 Å². The maximum absolute atomic E-state index is 12.7. The molecule has 1 atom stereocenters. The molecule has 0 spiro atoms. The largest absolute Gasteiger partial charge is 0.380 e. The van der Waals surface area contributed by atoms with Crippen LogP contribution in [-0.2, 0) is 17.6 Å². The van der Waals surface area contributed by atoms with Gasteiger partial charge in [0, 0.05) is 23.7 Å². The van der Waals surface area contributed by atoms with E-state index in [1.165, 1.54) is 11.1 Å². The summed E-state index contributed by atoms with van der Waals surface area (Å²) < 4.78 is 0. The fourth-order valence-corrected chi connectivity index (χ4v) is 3.60. The Morgan fingerprint density at radius 2 is 2.12 bits per heavy atom. The first-order chi connectivity index (χ1) is 12.3. The number of hydrogen-bond acceptors (Lipinski definition) is 3. The van der Waals surface area contributed by atoms with Gasteiger partial charge in [-0.3, -0.25) is 4.79 Å². The van der Waals surface area contributed by atoms with Gasteiger partial charge < -0.3 is 10.0 Å². The molecule has 0 fully saturated rings. The highest BCUT2D eigenvalue weighted by atomic mass is 35.5. The van der Waals surface area contributed by atoms with Crippen LogP contribution in [0.1, 0.15) is 23.6 Å². The van der Waals surface area contributed by atoms with Crippen molar-refractivity contribution in [1.82, 2.24) is 0 Å². The number of aryl methyl sites for hydroxylation is 1. The average Bonchev–Trinajstić information content (AvgIpc) is 2.96. The van der Waals surface area contributed by atoms with Gasteiger partial charge in [-0.1, -0.05) is 47.5 Å². The highest BCUT2D eigenvalue weighted by Gasteiger charge is 2.34. The van der Waals surface area contributed by atoms with E-state index in [-0.39, 0.29) is 18.7 Å². The number of nitrogens with zero attached hydrogens (tertiary/aromatic N) is 2. The molecule has 0 bridgehead atoms. The quantitative estimate of drug-likeness (QED) is 0.807. The molecule has 0 saturated heterocycles. The second-order valence-corrected chi connectivity index (χ2v) is 7.48. The van der Waals surface area contributed by atoms with Gasteiger partial charge in [0.05, 0.1) is 13.1 Å². The summed E-state index contributed by atoms with van der Waals surface area (Å²) in [5.74, 6) is -0.260. The Morgan fingerprint density at radius 1 is 1.35 bits per heavy atom. The molecule has 26 heavy (non-hydrogen) atoms. The maximum atomic E-state index is 12.7. The van der Waals surface area contributed by atoms with Gasteiger partial charge in [0.1, 0.15) is 5.60 Å². The Labute approximate surface area is 158 Å². The van der Waals surface area contributed by atoms with E-state index >= 15 is 0 Å². The van der Waals surface area contributed by atoms with Crippen molar-refractivity contribution in [1.29, 1.82) is 0 Å². The monoisotopic (exact) mass is 368 g/mol. The number of benzene rings is 2. The molecule has 2 aromatic rings. The Morgan fingerprint density at radius 3 is 2.81 bits per heavy atom. The summed E-state index contributed by atoms with van der Waals surface area (Å²) in [5.41, 5.74) is 3.16. The lowest BCUT2D eigenvalue weighted by atomic mass is 9.94. The number of aliphatic hydroxyl groups is 1. The van der Waals surface area contributed by atoms with E-state index < -0.39 is 5.60 Å². The molecule has 2 aromatic carbocycles. The maximum Gasteiger partial charge on any atom is 0.205 e. The van der Waals surface area contributed by atoms with Crippen molar-refractivity contribution in [2.24, 2.45) is 0 Å². The highest BCUT2D eigenvalue weighted by molar-refractivity contribution is 6.33. The van der Waals surface area contributed by atoms with Gasteiger partial charge in [-0.2, -0.15) is 0 Å². The molecule has 134 valence electrons. The number of carbonyl (C=O) groups is 1. The van der Waals surface area contributed by atoms with Crippen LogP contribution in [0.4, 0.5) is 11.4 Å². The van der Waals surface area contributed by atoms with Crippen LogP contribution < -0.4 is 4.90 Å². The van der Waals surface area contributed by atoms with Gasteiger partial charge >= 0.3 is 0 Å². The van der Waals surface area contributed by atoms with Crippen LogP contribution in [0, 0.1) is 13.5 Å². The molecule has 1 heterocycles. The molecule has 0 radical (unpaired) electrons. The van der Waals surface area contributed by atoms with Crippen molar-refractivity contribution < 1.29 is 9.90 Å². The van der Waals surface area contributed by atoms with Crippen molar-refractivity contribution in [2.75, 3.05) is 18.0 Å². The number of Topliss-reactive ketones (excluding diaryl/α,β-unsaturated/α-hetero) is 1. The number of β-amino-alcohol motifs (C(OH)–C–C–N with tert-alkyl or cyclic N) is 1. The number of halogens is 1. The number of fused-ring (bicyclic) bond motifs is 1. The predicted octanol–water partition coefficient (Wildman–Crippen LogP) is 4.12. The first kappa shape index (κ1) is 18.4. The Hall–Kier alpha value is -2.35. The minimum absolute atomic E-state index is 0.0829. The second kappa shape index (κ2) is 7.11. The van der Waals surface area contributed by atoms with Crippen LogP contribution >= 0.6 is 11.6 Å². The minimum atomic E-state index is -1.46. The molecule has 5 heteroatoms. The van der Waals surface area contributed by atoms with Crippen LogP contribution in [0.5, 0.6) is 0 Å². The predicted molar refractivity (Wildman–Crippen MR) is 104 cm³/mol. The SMILES string of the molecule is [C-]#[N+]c1ccc(CC(=O)[C@@](C)(O)CN2CCc3cc(C)ccc32)cc1Cl. The van der Waals surface area contributed by atoms with E-state index in [9.17, 15) is 9.90 Å². The molecule has 0 amide bonds. The van der Waals surface area contributed by atoms with Gasteiger partial charge in [0.2, 0.25) is 5.69 Å². The zero-order valence-electron chi connectivity index (χ0n) is 14.9. The lowest BCUT2D eigenvalue weighted by molar-refractivity contribution is -0.134. The Balaban J connectivity index is 1.72. The summed E-state index contributed by atoms with van der Waals surface area (Å²) in [6, 6.07) is 11.2. The van der Waals surface area contributed by atoms with Crippen molar-refractivity contribution in [3.63, 3.8) is 0 Å². The molecular formula is C21H21ClN2O2. The van der Waals surface area contributed by atoms with E-state index in [1.807, 2.05) is 0 Å². The molecule has 0 saturated carbocycles. The summed E-state index contributed by atoms with van der Waals surface area (Å²) >= 11 is 6.04. The number of anilines is 1. The molecule has 0 aromatic heterocycles. The normalized spacial score (nSPS) is 15.3. The lowest BCUT2D eigenvalue weighted by Gasteiger charge is -2.29. The standard InChI is InChI=1S/C21H21ClN2O2/c1-14-4-7-19-16(10-14)8-9-24(19)13-21(2,26)20(25)12-15-5-6-18(23-3)17(22)11-15/h4-7,10-11,26H,8-9,12-13H2,1-2H3/t21-/m0/s1. The van der Waals surface area contributed by atoms with E-state index in [4.69, 9.17) is 18.2 Å². The van der Waals surface area contributed by atoms with Crippen LogP contribution in [-0.4, -0.2) is 29.6 Å². The van der Waals surface area contributed by atoms with Gasteiger partial charge in [-0.25, -0.2) is 4.85 Å². The topological polar surface area (TPSA) is 44.9 Å².